The molecule has 6 heteroatoms. The minimum absolute atomic E-state index is 0.0200. The molecule has 0 aliphatic heterocycles. The zero-order valence-corrected chi connectivity index (χ0v) is 12.6. The quantitative estimate of drug-likeness (QED) is 0.924. The zero-order valence-electron chi connectivity index (χ0n) is 9.37. The average Bonchev–Trinajstić information content (AvgIpc) is 2.55. The molecule has 0 aliphatic rings. The predicted molar refractivity (Wildman–Crippen MR) is 72.6 cm³/mol. The Bertz CT molecular complexity index is 397. The molecule has 0 bridgehead atoms. The van der Waals surface area contributed by atoms with Gasteiger partial charge in [-0.1, -0.05) is 0 Å². The summed E-state index contributed by atoms with van der Waals surface area (Å²) in [5.41, 5.74) is 1.06. The predicted octanol–water partition coefficient (Wildman–Crippen LogP) is 2.32. The molecule has 0 saturated heterocycles. The van der Waals surface area contributed by atoms with Crippen LogP contribution in [0.25, 0.3) is 0 Å². The normalized spacial score (nSPS) is 14.5. The molecule has 0 aliphatic carbocycles. The number of carbonyl (C=O) groups is 1. The minimum Gasteiger partial charge on any atom is -0.350 e. The fourth-order valence-corrected chi connectivity index (χ4v) is 2.78. The lowest BCUT2D eigenvalue weighted by atomic mass is 10.3. The highest BCUT2D eigenvalue weighted by Crippen LogP contribution is 2.27. The summed E-state index contributed by atoms with van der Waals surface area (Å²) < 4.78 is 12.1. The van der Waals surface area contributed by atoms with E-state index in [1.54, 1.807) is 6.26 Å². The molecule has 90 valence electrons. The van der Waals surface area contributed by atoms with Gasteiger partial charge in [-0.25, -0.2) is 0 Å². The lowest BCUT2D eigenvalue weighted by Crippen LogP contribution is -2.32. The van der Waals surface area contributed by atoms with Gasteiger partial charge in [-0.05, 0) is 41.4 Å². The van der Waals surface area contributed by atoms with Crippen molar-refractivity contribution in [2.24, 2.45) is 0 Å². The number of thiophene rings is 1. The summed E-state index contributed by atoms with van der Waals surface area (Å²) in [5, 5.41) is 2.76. The van der Waals surface area contributed by atoms with Gasteiger partial charge in [0.2, 0.25) is 0 Å². The maximum absolute atomic E-state index is 11.7. The number of hydrogen-bond acceptors (Lipinski definition) is 3. The number of aryl methyl sites for hydroxylation is 1. The number of carbonyl (C=O) groups excluding carboxylic acids is 1. The highest BCUT2D eigenvalue weighted by molar-refractivity contribution is 9.11. The first-order chi connectivity index (χ1) is 7.41. The average molecular weight is 324 g/mol. The third-order valence-electron chi connectivity index (χ3n) is 2.20. The van der Waals surface area contributed by atoms with Crippen molar-refractivity contribution in [2.45, 2.75) is 19.1 Å². The molecular weight excluding hydrogens is 310 g/mol. The van der Waals surface area contributed by atoms with Crippen molar-refractivity contribution in [3.63, 3.8) is 0 Å². The number of amides is 1. The van der Waals surface area contributed by atoms with Crippen LogP contribution >= 0.6 is 27.3 Å². The van der Waals surface area contributed by atoms with Crippen molar-refractivity contribution in [3.05, 3.63) is 20.3 Å². The van der Waals surface area contributed by atoms with Crippen molar-refractivity contribution in [2.75, 3.05) is 12.8 Å². The number of nitrogens with one attached hydrogen (secondary N) is 1. The van der Waals surface area contributed by atoms with E-state index in [0.29, 0.717) is 11.4 Å². The van der Waals surface area contributed by atoms with Gasteiger partial charge in [0.25, 0.3) is 5.91 Å². The second kappa shape index (κ2) is 5.93. The van der Waals surface area contributed by atoms with E-state index in [0.717, 1.165) is 9.35 Å². The largest absolute Gasteiger partial charge is 0.350 e. The first-order valence-corrected chi connectivity index (χ1v) is 8.01. The van der Waals surface area contributed by atoms with E-state index < -0.39 is 10.8 Å². The first-order valence-electron chi connectivity index (χ1n) is 4.78. The molecule has 2 unspecified atom stereocenters. The van der Waals surface area contributed by atoms with Crippen LogP contribution in [-0.2, 0) is 10.8 Å². The fraction of sp³-hybridized carbons (Fsp3) is 0.500. The third kappa shape index (κ3) is 3.68. The molecular formula is C10H14BrNO2S2. The van der Waals surface area contributed by atoms with Crippen LogP contribution in [0.2, 0.25) is 0 Å². The Morgan fingerprint density at radius 1 is 1.69 bits per heavy atom. The zero-order chi connectivity index (χ0) is 12.3. The van der Waals surface area contributed by atoms with Crippen LogP contribution in [0.15, 0.2) is 9.85 Å². The van der Waals surface area contributed by atoms with E-state index in [9.17, 15) is 9.00 Å². The van der Waals surface area contributed by atoms with Gasteiger partial charge in [-0.3, -0.25) is 9.00 Å². The lowest BCUT2D eigenvalue weighted by molar-refractivity contribution is 0.0958. The Labute approximate surface area is 110 Å². The van der Waals surface area contributed by atoms with Crippen LogP contribution in [0.4, 0.5) is 0 Å². The summed E-state index contributed by atoms with van der Waals surface area (Å²) in [6.07, 6.45) is 1.64. The van der Waals surface area contributed by atoms with Crippen LogP contribution in [-0.4, -0.2) is 28.2 Å². The highest BCUT2D eigenvalue weighted by atomic mass is 79.9. The highest BCUT2D eigenvalue weighted by Gasteiger charge is 2.13. The Morgan fingerprint density at radius 3 is 2.75 bits per heavy atom. The van der Waals surface area contributed by atoms with Crippen LogP contribution in [0.1, 0.15) is 22.2 Å². The molecule has 0 saturated carbocycles. The summed E-state index contributed by atoms with van der Waals surface area (Å²) in [4.78, 5) is 12.4. The van der Waals surface area contributed by atoms with E-state index in [-0.39, 0.29) is 11.2 Å². The molecule has 0 fully saturated rings. The van der Waals surface area contributed by atoms with Gasteiger partial charge >= 0.3 is 0 Å². The summed E-state index contributed by atoms with van der Waals surface area (Å²) in [6.45, 7) is 4.24. The standard InChI is InChI=1S/C10H14BrNO2S2/c1-6-4-8(15-9(6)11)10(13)12-5-7(2)16(3)14/h4,7H,5H2,1-3H3,(H,12,13). The Morgan fingerprint density at radius 2 is 2.31 bits per heavy atom. The molecule has 0 aromatic carbocycles. The van der Waals surface area contributed by atoms with Crippen molar-refractivity contribution < 1.29 is 9.00 Å². The van der Waals surface area contributed by atoms with Crippen LogP contribution in [0.5, 0.6) is 0 Å². The molecule has 1 heterocycles. The summed E-state index contributed by atoms with van der Waals surface area (Å²) in [7, 11) is -0.903. The monoisotopic (exact) mass is 323 g/mol. The van der Waals surface area contributed by atoms with Gasteiger partial charge in [0.05, 0.1) is 8.66 Å². The van der Waals surface area contributed by atoms with Crippen LogP contribution < -0.4 is 5.32 Å². The molecule has 0 radical (unpaired) electrons. The van der Waals surface area contributed by atoms with E-state index in [4.69, 9.17) is 0 Å². The molecule has 2 atom stereocenters. The number of halogens is 1. The number of rotatable bonds is 4. The van der Waals surface area contributed by atoms with E-state index in [2.05, 4.69) is 21.2 Å². The summed E-state index contributed by atoms with van der Waals surface area (Å²) in [6, 6.07) is 1.84. The summed E-state index contributed by atoms with van der Waals surface area (Å²) in [5.74, 6) is -0.101. The number of hydrogen-bond donors (Lipinski definition) is 1. The maximum atomic E-state index is 11.7. The van der Waals surface area contributed by atoms with Crippen LogP contribution in [0.3, 0.4) is 0 Å². The third-order valence-corrected chi connectivity index (χ3v) is 5.63. The van der Waals surface area contributed by atoms with Crippen molar-refractivity contribution >= 4 is 44.0 Å². The van der Waals surface area contributed by atoms with Crippen molar-refractivity contribution in [3.8, 4) is 0 Å². The van der Waals surface area contributed by atoms with Gasteiger partial charge in [-0.2, -0.15) is 0 Å². The van der Waals surface area contributed by atoms with Gasteiger partial charge in [0.1, 0.15) is 0 Å². The topological polar surface area (TPSA) is 46.2 Å². The van der Waals surface area contributed by atoms with Crippen LogP contribution in [0, 0.1) is 6.92 Å². The summed E-state index contributed by atoms with van der Waals surface area (Å²) >= 11 is 4.79. The Kier molecular flexibility index (Phi) is 5.14. The van der Waals surface area contributed by atoms with Gasteiger partial charge in [0.15, 0.2) is 0 Å². The molecule has 1 rings (SSSR count). The lowest BCUT2D eigenvalue weighted by Gasteiger charge is -2.08. The Balaban J connectivity index is 2.56. The SMILES string of the molecule is Cc1cc(C(=O)NCC(C)S(C)=O)sc1Br. The smallest absolute Gasteiger partial charge is 0.261 e. The minimum atomic E-state index is -0.903. The van der Waals surface area contributed by atoms with Crippen molar-refractivity contribution in [1.82, 2.24) is 5.32 Å². The van der Waals surface area contributed by atoms with Gasteiger partial charge in [0, 0.05) is 28.9 Å². The molecule has 1 N–H and O–H groups in total. The molecule has 16 heavy (non-hydrogen) atoms. The molecule has 1 aromatic heterocycles. The van der Waals surface area contributed by atoms with E-state index in [1.807, 2.05) is 19.9 Å². The van der Waals surface area contributed by atoms with E-state index >= 15 is 0 Å². The molecule has 0 spiro atoms. The molecule has 1 aromatic rings. The van der Waals surface area contributed by atoms with Gasteiger partial charge < -0.3 is 5.32 Å². The fourth-order valence-electron chi connectivity index (χ4n) is 1.01. The first kappa shape index (κ1) is 13.9. The van der Waals surface area contributed by atoms with Gasteiger partial charge in [-0.15, -0.1) is 11.3 Å². The second-order valence-electron chi connectivity index (χ2n) is 3.59. The molecule has 3 nitrogen and oxygen atoms in total. The molecule has 1 amide bonds. The maximum Gasteiger partial charge on any atom is 0.261 e. The van der Waals surface area contributed by atoms with E-state index in [1.165, 1.54) is 11.3 Å². The second-order valence-corrected chi connectivity index (χ2v) is 7.76. The Hall–Kier alpha value is -0.200. The van der Waals surface area contributed by atoms with Crippen molar-refractivity contribution in [1.29, 1.82) is 0 Å².